The first-order chi connectivity index (χ1) is 9.40. The number of alkyl halides is 2. The van der Waals surface area contributed by atoms with Crippen LogP contribution in [0, 0.1) is 5.92 Å². The largest absolute Gasteiger partial charge is 0.434 e. The third-order valence-electron chi connectivity index (χ3n) is 2.70. The van der Waals surface area contributed by atoms with Gasteiger partial charge in [0.05, 0.1) is 6.04 Å². The average molecular weight is 286 g/mol. The number of nitrogens with two attached hydrogens (primary N) is 1. The normalized spacial score (nSPS) is 12.6. The lowest BCUT2D eigenvalue weighted by Gasteiger charge is -2.15. The number of carbonyl (C=O) groups is 1. The minimum atomic E-state index is -2.89. The lowest BCUT2D eigenvalue weighted by Crippen LogP contribution is -2.41. The second kappa shape index (κ2) is 7.79. The molecule has 0 aromatic heterocycles. The number of para-hydroxylation sites is 1. The van der Waals surface area contributed by atoms with E-state index in [9.17, 15) is 13.6 Å². The summed E-state index contributed by atoms with van der Waals surface area (Å²) in [5, 5.41) is 2.63. The van der Waals surface area contributed by atoms with Crippen LogP contribution in [0.2, 0.25) is 0 Å². The van der Waals surface area contributed by atoms with Gasteiger partial charge in [-0.25, -0.2) is 0 Å². The quantitative estimate of drug-likeness (QED) is 0.808. The van der Waals surface area contributed by atoms with Gasteiger partial charge in [-0.1, -0.05) is 32.0 Å². The Morgan fingerprint density at radius 2 is 2.00 bits per heavy atom. The topological polar surface area (TPSA) is 64.4 Å². The predicted molar refractivity (Wildman–Crippen MR) is 72.4 cm³/mol. The molecule has 1 aromatic carbocycles. The maximum absolute atomic E-state index is 12.2. The van der Waals surface area contributed by atoms with Crippen molar-refractivity contribution in [3.05, 3.63) is 29.8 Å². The van der Waals surface area contributed by atoms with Crippen LogP contribution in [0.25, 0.3) is 0 Å². The molecule has 1 atom stereocenters. The molecule has 4 nitrogen and oxygen atoms in total. The van der Waals surface area contributed by atoms with Crippen LogP contribution in [0.5, 0.6) is 5.75 Å². The van der Waals surface area contributed by atoms with Crippen molar-refractivity contribution in [3.8, 4) is 5.75 Å². The number of hydrogen-bond donors (Lipinski definition) is 2. The van der Waals surface area contributed by atoms with Gasteiger partial charge in [0.2, 0.25) is 5.91 Å². The van der Waals surface area contributed by atoms with Crippen molar-refractivity contribution in [2.45, 2.75) is 39.5 Å². The van der Waals surface area contributed by atoms with E-state index in [-0.39, 0.29) is 18.2 Å². The minimum Gasteiger partial charge on any atom is -0.434 e. The molecule has 0 unspecified atom stereocenters. The Balaban J connectivity index is 2.59. The molecule has 20 heavy (non-hydrogen) atoms. The van der Waals surface area contributed by atoms with Crippen molar-refractivity contribution < 1.29 is 18.3 Å². The first-order valence-electron chi connectivity index (χ1n) is 6.46. The number of hydrogen-bond acceptors (Lipinski definition) is 3. The van der Waals surface area contributed by atoms with Gasteiger partial charge < -0.3 is 15.8 Å². The maximum atomic E-state index is 12.2. The Hall–Kier alpha value is -1.69. The summed E-state index contributed by atoms with van der Waals surface area (Å²) in [6.45, 7) is 1.15. The van der Waals surface area contributed by atoms with Gasteiger partial charge in [0.15, 0.2) is 0 Å². The SMILES string of the molecule is CC(C)C[C@H](N)C(=O)NCc1ccccc1OC(F)F. The van der Waals surface area contributed by atoms with Crippen LogP contribution >= 0.6 is 0 Å². The van der Waals surface area contributed by atoms with Gasteiger partial charge in [0, 0.05) is 12.1 Å². The zero-order chi connectivity index (χ0) is 15.1. The number of carbonyl (C=O) groups excluding carboxylic acids is 1. The molecule has 0 saturated heterocycles. The summed E-state index contributed by atoms with van der Waals surface area (Å²) in [5.74, 6) is 0.0657. The number of halogens is 2. The fourth-order valence-electron chi connectivity index (χ4n) is 1.79. The summed E-state index contributed by atoms with van der Waals surface area (Å²) in [7, 11) is 0. The Kier molecular flexibility index (Phi) is 6.38. The number of benzene rings is 1. The second-order valence-electron chi connectivity index (χ2n) is 4.94. The zero-order valence-corrected chi connectivity index (χ0v) is 11.6. The highest BCUT2D eigenvalue weighted by atomic mass is 19.3. The van der Waals surface area contributed by atoms with Crippen molar-refractivity contribution in [2.24, 2.45) is 11.7 Å². The number of nitrogens with one attached hydrogen (secondary N) is 1. The van der Waals surface area contributed by atoms with E-state index >= 15 is 0 Å². The maximum Gasteiger partial charge on any atom is 0.387 e. The second-order valence-corrected chi connectivity index (χ2v) is 4.94. The minimum absolute atomic E-state index is 0.0558. The third kappa shape index (κ3) is 5.52. The van der Waals surface area contributed by atoms with Gasteiger partial charge in [-0.15, -0.1) is 0 Å². The van der Waals surface area contributed by atoms with E-state index in [1.54, 1.807) is 18.2 Å². The molecule has 0 bridgehead atoms. The molecule has 0 saturated carbocycles. The van der Waals surface area contributed by atoms with Crippen molar-refractivity contribution in [3.63, 3.8) is 0 Å². The molecule has 0 fully saturated rings. The monoisotopic (exact) mass is 286 g/mol. The van der Waals surface area contributed by atoms with Crippen molar-refractivity contribution in [1.29, 1.82) is 0 Å². The predicted octanol–water partition coefficient (Wildman–Crippen LogP) is 2.28. The smallest absolute Gasteiger partial charge is 0.387 e. The summed E-state index contributed by atoms with van der Waals surface area (Å²) in [6, 6.07) is 5.73. The summed E-state index contributed by atoms with van der Waals surface area (Å²) in [4.78, 5) is 11.8. The summed E-state index contributed by atoms with van der Waals surface area (Å²) in [6.07, 6.45) is 0.570. The molecule has 6 heteroatoms. The highest BCUT2D eigenvalue weighted by molar-refractivity contribution is 5.81. The lowest BCUT2D eigenvalue weighted by atomic mass is 10.0. The molecular formula is C14H20F2N2O2. The van der Waals surface area contributed by atoms with E-state index in [0.717, 1.165) is 0 Å². The van der Waals surface area contributed by atoms with Crippen LogP contribution in [0.3, 0.4) is 0 Å². The molecule has 0 radical (unpaired) electrons. The highest BCUT2D eigenvalue weighted by Gasteiger charge is 2.15. The molecule has 112 valence electrons. The first kappa shape index (κ1) is 16.4. The van der Waals surface area contributed by atoms with E-state index < -0.39 is 12.7 Å². The number of ether oxygens (including phenoxy) is 1. The van der Waals surface area contributed by atoms with Gasteiger partial charge in [-0.05, 0) is 18.4 Å². The number of rotatable bonds is 7. The van der Waals surface area contributed by atoms with E-state index in [0.29, 0.717) is 17.9 Å². The van der Waals surface area contributed by atoms with Crippen LogP contribution in [-0.2, 0) is 11.3 Å². The van der Waals surface area contributed by atoms with Gasteiger partial charge >= 0.3 is 6.61 Å². The highest BCUT2D eigenvalue weighted by Crippen LogP contribution is 2.20. The first-order valence-corrected chi connectivity index (χ1v) is 6.46. The Morgan fingerprint density at radius 3 is 2.60 bits per heavy atom. The van der Waals surface area contributed by atoms with Crippen LogP contribution in [0.4, 0.5) is 8.78 Å². The molecule has 0 aliphatic rings. The van der Waals surface area contributed by atoms with Gasteiger partial charge in [0.1, 0.15) is 5.75 Å². The van der Waals surface area contributed by atoms with E-state index in [2.05, 4.69) is 10.1 Å². The lowest BCUT2D eigenvalue weighted by molar-refractivity contribution is -0.122. The van der Waals surface area contributed by atoms with Gasteiger partial charge in [-0.3, -0.25) is 4.79 Å². The molecule has 3 N–H and O–H groups in total. The van der Waals surface area contributed by atoms with Gasteiger partial charge in [0.25, 0.3) is 0 Å². The number of amides is 1. The van der Waals surface area contributed by atoms with E-state index in [4.69, 9.17) is 5.73 Å². The molecule has 1 amide bonds. The van der Waals surface area contributed by atoms with Gasteiger partial charge in [-0.2, -0.15) is 8.78 Å². The molecule has 0 aliphatic carbocycles. The van der Waals surface area contributed by atoms with Crippen molar-refractivity contribution in [1.82, 2.24) is 5.32 Å². The van der Waals surface area contributed by atoms with Crippen LogP contribution < -0.4 is 15.8 Å². The third-order valence-corrected chi connectivity index (χ3v) is 2.70. The van der Waals surface area contributed by atoms with E-state index in [1.165, 1.54) is 6.07 Å². The molecule has 0 aliphatic heterocycles. The van der Waals surface area contributed by atoms with Crippen LogP contribution in [-0.4, -0.2) is 18.6 Å². The van der Waals surface area contributed by atoms with Crippen LogP contribution in [0.1, 0.15) is 25.8 Å². The molecule has 1 rings (SSSR count). The van der Waals surface area contributed by atoms with Crippen molar-refractivity contribution in [2.75, 3.05) is 0 Å². The fourth-order valence-corrected chi connectivity index (χ4v) is 1.79. The molecule has 1 aromatic rings. The van der Waals surface area contributed by atoms with E-state index in [1.807, 2.05) is 13.8 Å². The fraction of sp³-hybridized carbons (Fsp3) is 0.500. The van der Waals surface area contributed by atoms with Crippen LogP contribution in [0.15, 0.2) is 24.3 Å². The summed E-state index contributed by atoms with van der Waals surface area (Å²) in [5.41, 5.74) is 6.22. The molecular weight excluding hydrogens is 266 g/mol. The summed E-state index contributed by atoms with van der Waals surface area (Å²) < 4.78 is 28.9. The van der Waals surface area contributed by atoms with Crippen molar-refractivity contribution >= 4 is 5.91 Å². The summed E-state index contributed by atoms with van der Waals surface area (Å²) >= 11 is 0. The standard InChI is InChI=1S/C14H20F2N2O2/c1-9(2)7-11(17)13(19)18-8-10-5-3-4-6-12(10)20-14(15)16/h3-6,9,11,14H,7-8,17H2,1-2H3,(H,18,19)/t11-/m0/s1. The Morgan fingerprint density at radius 1 is 1.35 bits per heavy atom. The zero-order valence-electron chi connectivity index (χ0n) is 11.6. The average Bonchev–Trinajstić information content (AvgIpc) is 2.35. The molecule has 0 heterocycles. The Labute approximate surface area is 117 Å². The Bertz CT molecular complexity index is 439. The molecule has 0 spiro atoms.